The number of carbonyl (C=O) groups is 3. The Labute approximate surface area is 285 Å². The van der Waals surface area contributed by atoms with Crippen LogP contribution in [0, 0.1) is 0 Å². The van der Waals surface area contributed by atoms with Crippen LogP contribution in [0.1, 0.15) is 16.7 Å². The zero-order valence-electron chi connectivity index (χ0n) is 27.0. The number of alkyl halides is 3. The van der Waals surface area contributed by atoms with Gasteiger partial charge in [0.1, 0.15) is 34.7 Å². The van der Waals surface area contributed by atoms with E-state index >= 15 is 0 Å². The minimum absolute atomic E-state index is 0.199. The highest BCUT2D eigenvalue weighted by molar-refractivity contribution is 5.81. The fourth-order valence-corrected chi connectivity index (χ4v) is 4.87. The van der Waals surface area contributed by atoms with Gasteiger partial charge in [0.2, 0.25) is 0 Å². The molecular formula is C36H34F3NO10. The molecule has 14 heteroatoms. The third-order valence-corrected chi connectivity index (χ3v) is 7.25. The van der Waals surface area contributed by atoms with Crippen LogP contribution < -0.4 is 24.3 Å². The van der Waals surface area contributed by atoms with Crippen molar-refractivity contribution in [2.75, 3.05) is 40.6 Å². The van der Waals surface area contributed by atoms with Gasteiger partial charge in [-0.25, -0.2) is 9.59 Å². The Bertz CT molecular complexity index is 1650. The molecule has 0 heterocycles. The predicted molar refractivity (Wildman–Crippen MR) is 172 cm³/mol. The summed E-state index contributed by atoms with van der Waals surface area (Å²) < 4.78 is 72.7. The fourth-order valence-electron chi connectivity index (χ4n) is 4.87. The number of halogens is 3. The van der Waals surface area contributed by atoms with Crippen molar-refractivity contribution in [2.24, 2.45) is 0 Å². The Morgan fingerprint density at radius 1 is 0.680 bits per heavy atom. The molecule has 0 spiro atoms. The quantitative estimate of drug-likeness (QED) is 0.113. The molecule has 2 N–H and O–H groups in total. The zero-order valence-corrected chi connectivity index (χ0v) is 27.0. The smallest absolute Gasteiger partial charge is 0.471 e. The second-order valence-electron chi connectivity index (χ2n) is 10.6. The summed E-state index contributed by atoms with van der Waals surface area (Å²) in [6.45, 7) is -2.43. The van der Waals surface area contributed by atoms with Gasteiger partial charge in [0.15, 0.2) is 13.2 Å². The maximum Gasteiger partial charge on any atom is 0.471 e. The number of carbonyl (C=O) groups excluding carboxylic acids is 2. The van der Waals surface area contributed by atoms with E-state index in [1.165, 1.54) is 38.5 Å². The van der Waals surface area contributed by atoms with Crippen LogP contribution in [0.25, 0.3) is 0 Å². The Hall–Kier alpha value is -5.76. The van der Waals surface area contributed by atoms with E-state index in [1.807, 2.05) is 18.2 Å². The number of carboxylic acids is 1. The average Bonchev–Trinajstić information content (AvgIpc) is 3.13. The first-order valence-corrected chi connectivity index (χ1v) is 15.0. The van der Waals surface area contributed by atoms with Crippen LogP contribution >= 0.6 is 0 Å². The number of hydrogen-bond donors (Lipinski definition) is 2. The predicted octanol–water partition coefficient (Wildman–Crippen LogP) is 5.15. The second-order valence-corrected chi connectivity index (χ2v) is 10.6. The van der Waals surface area contributed by atoms with Crippen molar-refractivity contribution in [3.8, 4) is 23.0 Å². The normalized spacial score (nSPS) is 11.9. The van der Waals surface area contributed by atoms with Crippen molar-refractivity contribution in [3.63, 3.8) is 0 Å². The molecular weight excluding hydrogens is 663 g/mol. The molecule has 0 aliphatic carbocycles. The fraction of sp³-hybridized carbons (Fsp3) is 0.250. The molecule has 0 fully saturated rings. The molecule has 1 amide bonds. The van der Waals surface area contributed by atoms with E-state index in [1.54, 1.807) is 66.0 Å². The van der Waals surface area contributed by atoms with Crippen molar-refractivity contribution in [1.29, 1.82) is 0 Å². The third-order valence-electron chi connectivity index (χ3n) is 7.25. The number of esters is 1. The summed E-state index contributed by atoms with van der Waals surface area (Å²) in [5.74, 6) is -2.78. The van der Waals surface area contributed by atoms with Gasteiger partial charge in [0, 0.05) is 0 Å². The maximum absolute atomic E-state index is 13.1. The number of methoxy groups -OCH3 is 2. The number of ether oxygens (including phenoxy) is 6. The molecule has 11 nitrogen and oxygen atoms in total. The van der Waals surface area contributed by atoms with Gasteiger partial charge in [-0.05, 0) is 65.2 Å². The van der Waals surface area contributed by atoms with E-state index < -0.39 is 62.1 Å². The van der Waals surface area contributed by atoms with Gasteiger partial charge in [0.25, 0.3) is 0 Å². The number of hydrogen-bond acceptors (Lipinski definition) is 9. The van der Waals surface area contributed by atoms with Gasteiger partial charge in [0.05, 0.1) is 27.4 Å². The molecule has 0 radical (unpaired) electrons. The third kappa shape index (κ3) is 9.89. The minimum Gasteiger partial charge on any atom is -0.497 e. The molecule has 4 aromatic carbocycles. The SMILES string of the molecule is COc1ccc(C(OCC(CNC(=O)C(F)(F)F)OC(=O)COc2ccc(OCC(=O)O)cc2)(c2ccccc2)c2ccc(OC)cc2)cc1. The van der Waals surface area contributed by atoms with Crippen LogP contribution in [0.2, 0.25) is 0 Å². The summed E-state index contributed by atoms with van der Waals surface area (Å²) in [5, 5.41) is 10.5. The van der Waals surface area contributed by atoms with Gasteiger partial charge in [-0.2, -0.15) is 13.2 Å². The summed E-state index contributed by atoms with van der Waals surface area (Å²) in [6.07, 6.45) is -6.59. The van der Waals surface area contributed by atoms with Crippen LogP contribution in [-0.4, -0.2) is 75.8 Å². The standard InChI is InChI=1S/C36H34F3NO10/c1-45-27-12-8-25(9-13-27)35(24-6-4-3-5-7-24,26-10-14-28(46-2)15-11-26)49-21-31(20-40-34(44)36(37,38)39)50-33(43)23-48-30-18-16-29(17-19-30)47-22-32(41)42/h3-19,31H,20-23H2,1-2H3,(H,40,44)(H,41,42). The molecule has 0 aromatic heterocycles. The first-order chi connectivity index (χ1) is 23.9. The molecule has 264 valence electrons. The van der Waals surface area contributed by atoms with E-state index in [0.29, 0.717) is 28.2 Å². The van der Waals surface area contributed by atoms with E-state index in [4.69, 9.17) is 33.5 Å². The number of rotatable bonds is 17. The summed E-state index contributed by atoms with van der Waals surface area (Å²) in [7, 11) is 3.03. The van der Waals surface area contributed by atoms with Crippen molar-refractivity contribution < 1.29 is 61.1 Å². The Balaban J connectivity index is 1.63. The molecule has 50 heavy (non-hydrogen) atoms. The highest BCUT2D eigenvalue weighted by Gasteiger charge is 2.41. The van der Waals surface area contributed by atoms with Gasteiger partial charge >= 0.3 is 24.0 Å². The van der Waals surface area contributed by atoms with Crippen molar-refractivity contribution in [1.82, 2.24) is 5.32 Å². The van der Waals surface area contributed by atoms with Crippen LogP contribution in [0.5, 0.6) is 23.0 Å². The highest BCUT2D eigenvalue weighted by atomic mass is 19.4. The molecule has 4 aromatic rings. The van der Waals surface area contributed by atoms with E-state index in [0.717, 1.165) is 0 Å². The highest BCUT2D eigenvalue weighted by Crippen LogP contribution is 2.42. The minimum atomic E-state index is -5.18. The molecule has 0 aliphatic heterocycles. The summed E-state index contributed by atoms with van der Waals surface area (Å²) >= 11 is 0. The zero-order chi connectivity index (χ0) is 36.1. The first-order valence-electron chi connectivity index (χ1n) is 15.0. The second kappa shape index (κ2) is 17.1. The molecule has 0 aliphatic rings. The monoisotopic (exact) mass is 697 g/mol. The average molecular weight is 698 g/mol. The number of amides is 1. The lowest BCUT2D eigenvalue weighted by atomic mass is 9.80. The van der Waals surface area contributed by atoms with Gasteiger partial charge in [-0.15, -0.1) is 0 Å². The number of carboxylic acid groups (broad SMARTS) is 1. The molecule has 0 bridgehead atoms. The van der Waals surface area contributed by atoms with Crippen molar-refractivity contribution >= 4 is 17.8 Å². The molecule has 1 atom stereocenters. The largest absolute Gasteiger partial charge is 0.497 e. The van der Waals surface area contributed by atoms with E-state index in [9.17, 15) is 27.6 Å². The summed E-state index contributed by atoms with van der Waals surface area (Å²) in [6, 6.07) is 28.7. The first kappa shape index (κ1) is 37.1. The molecule has 1 unspecified atom stereocenters. The van der Waals surface area contributed by atoms with Crippen molar-refractivity contribution in [2.45, 2.75) is 17.9 Å². The van der Waals surface area contributed by atoms with Crippen LogP contribution in [-0.2, 0) is 29.5 Å². The Morgan fingerprint density at radius 2 is 1.14 bits per heavy atom. The Kier molecular flexibility index (Phi) is 12.6. The number of benzene rings is 4. The molecule has 0 saturated heterocycles. The lowest BCUT2D eigenvalue weighted by Crippen LogP contribution is -2.45. The van der Waals surface area contributed by atoms with Crippen LogP contribution in [0.15, 0.2) is 103 Å². The lowest BCUT2D eigenvalue weighted by Gasteiger charge is -2.37. The van der Waals surface area contributed by atoms with Gasteiger partial charge in [-0.3, -0.25) is 4.79 Å². The van der Waals surface area contributed by atoms with E-state index in [2.05, 4.69) is 0 Å². The summed E-state index contributed by atoms with van der Waals surface area (Å²) in [5.41, 5.74) is 0.453. The van der Waals surface area contributed by atoms with Crippen molar-refractivity contribution in [3.05, 3.63) is 120 Å². The van der Waals surface area contributed by atoms with E-state index in [-0.39, 0.29) is 11.5 Å². The van der Waals surface area contributed by atoms with Crippen LogP contribution in [0.3, 0.4) is 0 Å². The van der Waals surface area contributed by atoms with Gasteiger partial charge in [-0.1, -0.05) is 54.6 Å². The van der Waals surface area contributed by atoms with Gasteiger partial charge < -0.3 is 38.8 Å². The van der Waals surface area contributed by atoms with Crippen LogP contribution in [0.4, 0.5) is 13.2 Å². The molecule has 4 rings (SSSR count). The Morgan fingerprint density at radius 3 is 1.60 bits per heavy atom. The molecule has 0 saturated carbocycles. The topological polar surface area (TPSA) is 139 Å². The summed E-state index contributed by atoms with van der Waals surface area (Å²) in [4.78, 5) is 35.4. The lowest BCUT2D eigenvalue weighted by molar-refractivity contribution is -0.175. The maximum atomic E-state index is 13.1. The number of nitrogens with one attached hydrogen (secondary N) is 1. The number of aliphatic carboxylic acids is 1.